The summed E-state index contributed by atoms with van der Waals surface area (Å²) in [6.07, 6.45) is 4.26. The first kappa shape index (κ1) is 26.7. The van der Waals surface area contributed by atoms with Gasteiger partial charge in [-0.15, -0.1) is 5.10 Å². The second kappa shape index (κ2) is 10.8. The number of fused-ring (bicyclic) bond motifs is 1. The van der Waals surface area contributed by atoms with E-state index in [1.165, 1.54) is 11.6 Å². The smallest absolute Gasteiger partial charge is 0.354 e. The number of pyridine rings is 2. The lowest BCUT2D eigenvalue weighted by Crippen LogP contribution is -2.59. The number of carboxylic acid groups (broad SMARTS) is 1. The summed E-state index contributed by atoms with van der Waals surface area (Å²) in [5.74, 6) is -0.740. The normalized spacial score (nSPS) is 16.9. The molecule has 6 rings (SSSR count). The molecule has 2 fully saturated rings. The average Bonchev–Trinajstić information content (AvgIpc) is 3.42. The molecule has 0 bridgehead atoms. The van der Waals surface area contributed by atoms with Crippen molar-refractivity contribution in [2.45, 2.75) is 44.2 Å². The number of hydrogen-bond donors (Lipinski definition) is 3. The van der Waals surface area contributed by atoms with Gasteiger partial charge in [-0.25, -0.2) is 19.3 Å². The Labute approximate surface area is 237 Å². The molecular formula is C30H33N7O4. The lowest BCUT2D eigenvalue weighted by Gasteiger charge is -2.51. The van der Waals surface area contributed by atoms with Crippen LogP contribution < -0.4 is 15.1 Å². The number of hydrogen-bond acceptors (Lipinski definition) is 8. The van der Waals surface area contributed by atoms with Gasteiger partial charge < -0.3 is 25.3 Å². The van der Waals surface area contributed by atoms with Crippen LogP contribution in [0.25, 0.3) is 5.65 Å². The van der Waals surface area contributed by atoms with E-state index in [2.05, 4.69) is 56.5 Å². The van der Waals surface area contributed by atoms with Gasteiger partial charge in [0.15, 0.2) is 11.3 Å². The summed E-state index contributed by atoms with van der Waals surface area (Å²) in [4.78, 5) is 37.3. The van der Waals surface area contributed by atoms with Gasteiger partial charge >= 0.3 is 5.97 Å². The molecule has 11 heteroatoms. The number of aliphatic hydroxyl groups excluding tert-OH is 1. The Morgan fingerprint density at radius 3 is 2.46 bits per heavy atom. The molecule has 0 spiro atoms. The fraction of sp³-hybridized carbons (Fsp3) is 0.367. The highest BCUT2D eigenvalue weighted by Crippen LogP contribution is 2.40. The van der Waals surface area contributed by atoms with Crippen LogP contribution in [-0.2, 0) is 12.0 Å². The van der Waals surface area contributed by atoms with E-state index in [9.17, 15) is 19.8 Å². The zero-order chi connectivity index (χ0) is 28.6. The first-order chi connectivity index (χ1) is 19.9. The predicted octanol–water partition coefficient (Wildman–Crippen LogP) is 2.88. The number of aromatic nitrogens is 4. The van der Waals surface area contributed by atoms with Gasteiger partial charge in [0.1, 0.15) is 5.82 Å². The largest absolute Gasteiger partial charge is 0.477 e. The van der Waals surface area contributed by atoms with Crippen molar-refractivity contribution in [1.82, 2.24) is 24.9 Å². The highest BCUT2D eigenvalue weighted by Gasteiger charge is 2.43. The van der Waals surface area contributed by atoms with Gasteiger partial charge in [-0.1, -0.05) is 43.3 Å². The third kappa shape index (κ3) is 5.08. The second-order valence-corrected chi connectivity index (χ2v) is 10.9. The molecule has 5 heterocycles. The molecule has 4 aromatic rings. The number of aliphatic hydroxyl groups is 1. The maximum Gasteiger partial charge on any atom is 0.354 e. The molecule has 0 aliphatic carbocycles. The van der Waals surface area contributed by atoms with Crippen LogP contribution in [0.15, 0.2) is 60.8 Å². The zero-order valence-electron chi connectivity index (χ0n) is 22.9. The summed E-state index contributed by atoms with van der Waals surface area (Å²) < 4.78 is 1.59. The quantitative estimate of drug-likeness (QED) is 0.300. The van der Waals surface area contributed by atoms with E-state index in [-0.39, 0.29) is 35.5 Å². The monoisotopic (exact) mass is 555 g/mol. The Balaban J connectivity index is 1.12. The van der Waals surface area contributed by atoms with Crippen LogP contribution in [0.5, 0.6) is 0 Å². The number of carbonyl (C=O) groups is 2. The number of benzene rings is 1. The van der Waals surface area contributed by atoms with E-state index in [0.717, 1.165) is 25.2 Å². The standard InChI is InChI=1S/C30H33N7O4/c1-2-30(21-7-4-3-5-8-21)18-36(19-30)23-15-20(17-38)27-33-26(34-37(27)16-23)28(39)31-22-11-13-35(14-12-22)25-10-6-9-24(32-25)29(40)41/h3-10,15-16,22,38H,2,11-14,17-19H2,1H3,(H,31,39)(H,40,41). The Morgan fingerprint density at radius 2 is 1.78 bits per heavy atom. The number of aromatic carboxylic acids is 1. The summed E-state index contributed by atoms with van der Waals surface area (Å²) in [6.45, 7) is 5.00. The van der Waals surface area contributed by atoms with Crippen molar-refractivity contribution in [3.8, 4) is 0 Å². The Morgan fingerprint density at radius 1 is 1.02 bits per heavy atom. The number of rotatable bonds is 8. The van der Waals surface area contributed by atoms with Gasteiger partial charge in [0.2, 0.25) is 5.82 Å². The number of nitrogens with zero attached hydrogens (tertiary/aromatic N) is 6. The highest BCUT2D eigenvalue weighted by atomic mass is 16.4. The summed E-state index contributed by atoms with van der Waals surface area (Å²) in [6, 6.07) is 17.4. The van der Waals surface area contributed by atoms with Crippen molar-refractivity contribution in [2.75, 3.05) is 36.0 Å². The van der Waals surface area contributed by atoms with E-state index >= 15 is 0 Å². The Hall–Kier alpha value is -4.51. The molecule has 2 saturated heterocycles. The predicted molar refractivity (Wildman–Crippen MR) is 153 cm³/mol. The van der Waals surface area contributed by atoms with Crippen molar-refractivity contribution in [3.05, 3.63) is 83.4 Å². The third-order valence-electron chi connectivity index (χ3n) is 8.39. The first-order valence-electron chi connectivity index (χ1n) is 14.0. The van der Waals surface area contributed by atoms with Gasteiger partial charge in [0, 0.05) is 43.2 Å². The fourth-order valence-electron chi connectivity index (χ4n) is 5.91. The SMILES string of the molecule is CCC1(c2ccccc2)CN(c2cc(CO)c3nc(C(=O)NC4CCN(c5cccc(C(=O)O)n5)CC4)nn3c2)C1. The van der Waals surface area contributed by atoms with E-state index in [1.807, 2.05) is 23.2 Å². The molecule has 41 heavy (non-hydrogen) atoms. The number of carboxylic acids is 1. The third-order valence-corrected chi connectivity index (χ3v) is 8.39. The maximum absolute atomic E-state index is 13.1. The lowest BCUT2D eigenvalue weighted by molar-refractivity contribution is 0.0690. The topological polar surface area (TPSA) is 136 Å². The number of anilines is 2. The molecule has 3 aromatic heterocycles. The van der Waals surface area contributed by atoms with E-state index < -0.39 is 5.97 Å². The van der Waals surface area contributed by atoms with Crippen molar-refractivity contribution in [2.24, 2.45) is 0 Å². The van der Waals surface area contributed by atoms with E-state index in [0.29, 0.717) is 43.0 Å². The lowest BCUT2D eigenvalue weighted by atomic mass is 9.71. The minimum Gasteiger partial charge on any atom is -0.477 e. The van der Waals surface area contributed by atoms with Crippen LogP contribution in [-0.4, -0.2) is 73.9 Å². The molecule has 212 valence electrons. The number of carbonyl (C=O) groups excluding carboxylic acids is 1. The van der Waals surface area contributed by atoms with Crippen molar-refractivity contribution >= 4 is 29.0 Å². The molecule has 11 nitrogen and oxygen atoms in total. The molecule has 3 N–H and O–H groups in total. The minimum absolute atomic E-state index is 0.0104. The molecule has 1 amide bonds. The zero-order valence-corrected chi connectivity index (χ0v) is 22.9. The van der Waals surface area contributed by atoms with Crippen LogP contribution in [0.4, 0.5) is 11.5 Å². The number of piperidine rings is 1. The van der Waals surface area contributed by atoms with Crippen LogP contribution in [0.2, 0.25) is 0 Å². The van der Waals surface area contributed by atoms with E-state index in [4.69, 9.17) is 0 Å². The van der Waals surface area contributed by atoms with Crippen molar-refractivity contribution in [1.29, 1.82) is 0 Å². The Bertz CT molecular complexity index is 1570. The van der Waals surface area contributed by atoms with E-state index in [1.54, 1.807) is 16.6 Å². The van der Waals surface area contributed by atoms with Gasteiger partial charge in [0.25, 0.3) is 5.91 Å². The summed E-state index contributed by atoms with van der Waals surface area (Å²) in [5, 5.41) is 26.8. The molecule has 0 unspecified atom stereocenters. The molecule has 0 atom stereocenters. The Kier molecular flexibility index (Phi) is 7.04. The van der Waals surface area contributed by atoms with Gasteiger partial charge in [0.05, 0.1) is 18.5 Å². The van der Waals surface area contributed by atoms with Crippen LogP contribution >= 0.6 is 0 Å². The molecule has 2 aliphatic heterocycles. The number of amides is 1. The first-order valence-corrected chi connectivity index (χ1v) is 14.0. The molecule has 2 aliphatic rings. The second-order valence-electron chi connectivity index (χ2n) is 10.9. The number of nitrogens with one attached hydrogen (secondary N) is 1. The molecular weight excluding hydrogens is 522 g/mol. The van der Waals surface area contributed by atoms with Crippen LogP contribution in [0.3, 0.4) is 0 Å². The summed E-state index contributed by atoms with van der Waals surface area (Å²) in [5.41, 5.74) is 3.45. The fourth-order valence-corrected chi connectivity index (χ4v) is 5.91. The van der Waals surface area contributed by atoms with Gasteiger partial charge in [-0.2, -0.15) is 0 Å². The summed E-state index contributed by atoms with van der Waals surface area (Å²) in [7, 11) is 0. The highest BCUT2D eigenvalue weighted by molar-refractivity contribution is 5.91. The molecule has 0 radical (unpaired) electrons. The summed E-state index contributed by atoms with van der Waals surface area (Å²) >= 11 is 0. The molecule has 1 aromatic carbocycles. The van der Waals surface area contributed by atoms with Gasteiger partial charge in [-0.05, 0) is 43.0 Å². The van der Waals surface area contributed by atoms with Crippen LogP contribution in [0.1, 0.15) is 58.4 Å². The molecule has 0 saturated carbocycles. The average molecular weight is 556 g/mol. The van der Waals surface area contributed by atoms with Crippen molar-refractivity contribution in [3.63, 3.8) is 0 Å². The minimum atomic E-state index is -1.06. The van der Waals surface area contributed by atoms with Crippen molar-refractivity contribution < 1.29 is 19.8 Å². The maximum atomic E-state index is 13.1. The van der Waals surface area contributed by atoms with Gasteiger partial charge in [-0.3, -0.25) is 4.79 Å². The van der Waals surface area contributed by atoms with Crippen LogP contribution in [0, 0.1) is 0 Å².